The van der Waals surface area contributed by atoms with E-state index in [2.05, 4.69) is 14.9 Å². The summed E-state index contributed by atoms with van der Waals surface area (Å²) in [4.78, 5) is 10.7. The van der Waals surface area contributed by atoms with Crippen molar-refractivity contribution in [1.29, 1.82) is 5.41 Å². The van der Waals surface area contributed by atoms with E-state index in [9.17, 15) is 18.3 Å². The van der Waals surface area contributed by atoms with Gasteiger partial charge in [0.15, 0.2) is 6.61 Å². The van der Waals surface area contributed by atoms with E-state index in [1.165, 1.54) is 12.1 Å². The summed E-state index contributed by atoms with van der Waals surface area (Å²) in [5, 5.41) is 23.3. The second-order valence-corrected chi connectivity index (χ2v) is 9.30. The van der Waals surface area contributed by atoms with Gasteiger partial charge in [-0.2, -0.15) is 0 Å². The van der Waals surface area contributed by atoms with Crippen LogP contribution in [0.15, 0.2) is 50.5 Å². The van der Waals surface area contributed by atoms with E-state index >= 15 is 0 Å². The number of hydrogen-bond acceptors (Lipinski definition) is 8. The maximum Gasteiger partial charge on any atom is 0.434 e. The highest BCUT2D eigenvalue weighted by Crippen LogP contribution is 2.27. The molecule has 1 aromatic heterocycles. The minimum atomic E-state index is -4.06. The van der Waals surface area contributed by atoms with Gasteiger partial charge in [-0.25, -0.2) is 23.0 Å². The number of nitrogens with zero attached hydrogens (tertiary/aromatic N) is 1. The van der Waals surface area contributed by atoms with E-state index in [4.69, 9.17) is 20.3 Å². The van der Waals surface area contributed by atoms with Gasteiger partial charge in [0.2, 0.25) is 10.0 Å². The molecule has 0 amide bonds. The topological polar surface area (TPSA) is 184 Å². The third-order valence-electron chi connectivity index (χ3n) is 4.84. The highest BCUT2D eigenvalue weighted by Gasteiger charge is 2.20. The van der Waals surface area contributed by atoms with E-state index in [-0.39, 0.29) is 60.1 Å². The van der Waals surface area contributed by atoms with Crippen molar-refractivity contribution in [2.75, 3.05) is 6.54 Å². The number of aromatic amines is 1. The number of benzene rings is 2. The molecule has 0 unspecified atom stereocenters. The molecular formula is C21H26ClN5O6S. The lowest BCUT2D eigenvalue weighted by Gasteiger charge is -2.15. The number of nitrogens with one attached hydrogen (secondary N) is 3. The molecule has 0 atom stereocenters. The second kappa shape index (κ2) is 11.2. The van der Waals surface area contributed by atoms with Gasteiger partial charge in [-0.1, -0.05) is 26.0 Å². The Morgan fingerprint density at radius 2 is 2.03 bits per heavy atom. The number of H-pyrrole nitrogens is 1. The van der Waals surface area contributed by atoms with Crippen molar-refractivity contribution in [3.05, 3.63) is 69.5 Å². The van der Waals surface area contributed by atoms with Crippen molar-refractivity contribution in [1.82, 2.24) is 14.9 Å². The molecule has 34 heavy (non-hydrogen) atoms. The first-order valence-corrected chi connectivity index (χ1v) is 11.5. The Kier molecular flexibility index (Phi) is 8.85. The SMILES string of the molecule is CC(C)c1ccc(CCNS(=O)(=O)c2cc(C(=N)N)ccc2O)c(OCc2n[nH]c(=O)o2)c1.Cl. The molecule has 11 nitrogen and oxygen atoms in total. The first-order chi connectivity index (χ1) is 15.6. The lowest BCUT2D eigenvalue weighted by molar-refractivity contribution is 0.257. The number of halogens is 1. The molecule has 184 valence electrons. The van der Waals surface area contributed by atoms with Gasteiger partial charge in [0.1, 0.15) is 22.2 Å². The summed E-state index contributed by atoms with van der Waals surface area (Å²) >= 11 is 0. The average molecular weight is 512 g/mol. The Morgan fingerprint density at radius 3 is 2.65 bits per heavy atom. The number of amidine groups is 1. The summed E-state index contributed by atoms with van der Waals surface area (Å²) in [5.74, 6) is -0.615. The minimum absolute atomic E-state index is 0. The molecule has 0 aliphatic carbocycles. The number of ether oxygens (including phenoxy) is 1. The van der Waals surface area contributed by atoms with Crippen LogP contribution in [0.2, 0.25) is 0 Å². The van der Waals surface area contributed by atoms with Crippen LogP contribution in [0, 0.1) is 5.41 Å². The van der Waals surface area contributed by atoms with E-state index in [0.29, 0.717) is 5.75 Å². The van der Waals surface area contributed by atoms with Crippen LogP contribution in [0.4, 0.5) is 0 Å². The standard InChI is InChI=1S/C21H25N5O6S.ClH/c1-12(2)14-4-3-13(17(9-14)31-11-19-25-26-21(28)32-19)7-8-24-33(29,30)18-10-15(20(22)23)5-6-16(18)27;/h3-6,9-10,12,24,27H,7-8,11H2,1-2H3,(H3,22,23)(H,26,28);1H. The van der Waals surface area contributed by atoms with Crippen molar-refractivity contribution in [3.8, 4) is 11.5 Å². The van der Waals surface area contributed by atoms with Crippen LogP contribution in [-0.4, -0.2) is 36.1 Å². The Bertz CT molecular complexity index is 1320. The van der Waals surface area contributed by atoms with Crippen LogP contribution >= 0.6 is 12.4 Å². The zero-order valence-electron chi connectivity index (χ0n) is 18.5. The van der Waals surface area contributed by atoms with Crippen LogP contribution in [-0.2, 0) is 23.1 Å². The molecule has 2 aromatic carbocycles. The zero-order chi connectivity index (χ0) is 24.2. The second-order valence-electron chi connectivity index (χ2n) is 7.56. The van der Waals surface area contributed by atoms with Crippen molar-refractivity contribution in [3.63, 3.8) is 0 Å². The number of sulfonamides is 1. The van der Waals surface area contributed by atoms with Crippen LogP contribution < -0.4 is 20.9 Å². The summed E-state index contributed by atoms with van der Waals surface area (Å²) < 4.78 is 38.5. The first kappa shape index (κ1) is 26.9. The van der Waals surface area contributed by atoms with Gasteiger partial charge in [0.25, 0.3) is 5.89 Å². The average Bonchev–Trinajstić information content (AvgIpc) is 3.17. The number of aromatic nitrogens is 2. The summed E-state index contributed by atoms with van der Waals surface area (Å²) in [6.07, 6.45) is 0.282. The van der Waals surface area contributed by atoms with Gasteiger partial charge < -0.3 is 20.0 Å². The van der Waals surface area contributed by atoms with Crippen LogP contribution in [0.3, 0.4) is 0 Å². The van der Waals surface area contributed by atoms with E-state index in [1.54, 1.807) is 0 Å². The van der Waals surface area contributed by atoms with Gasteiger partial charge >= 0.3 is 5.76 Å². The fourth-order valence-electron chi connectivity index (χ4n) is 3.03. The van der Waals surface area contributed by atoms with Gasteiger partial charge in [0, 0.05) is 12.1 Å². The number of phenolic OH excluding ortho intramolecular Hbond substituents is 1. The molecule has 0 saturated heterocycles. The van der Waals surface area contributed by atoms with Crippen molar-refractivity contribution in [2.45, 2.75) is 37.7 Å². The van der Waals surface area contributed by atoms with Crippen molar-refractivity contribution in [2.24, 2.45) is 5.73 Å². The largest absolute Gasteiger partial charge is 0.507 e. The summed E-state index contributed by atoms with van der Waals surface area (Å²) in [6.45, 7) is 3.99. The molecule has 0 spiro atoms. The van der Waals surface area contributed by atoms with Gasteiger partial charge in [-0.3, -0.25) is 5.41 Å². The number of nitrogen functional groups attached to an aromatic ring is 1. The third kappa shape index (κ3) is 6.59. The minimum Gasteiger partial charge on any atom is -0.507 e. The normalized spacial score (nSPS) is 11.3. The Labute approximate surface area is 202 Å². The number of nitrogens with two attached hydrogens (primary N) is 1. The van der Waals surface area contributed by atoms with Crippen LogP contribution in [0.25, 0.3) is 0 Å². The quantitative estimate of drug-likeness (QED) is 0.202. The highest BCUT2D eigenvalue weighted by atomic mass is 35.5. The molecule has 0 aliphatic heterocycles. The van der Waals surface area contributed by atoms with E-state index in [0.717, 1.165) is 17.2 Å². The number of hydrogen-bond donors (Lipinski definition) is 5. The first-order valence-electron chi connectivity index (χ1n) is 10.0. The monoisotopic (exact) mass is 511 g/mol. The molecule has 6 N–H and O–H groups in total. The maximum absolute atomic E-state index is 12.7. The third-order valence-corrected chi connectivity index (χ3v) is 6.33. The number of aromatic hydroxyl groups is 1. The predicted molar refractivity (Wildman–Crippen MR) is 127 cm³/mol. The number of phenols is 1. The molecule has 3 aromatic rings. The van der Waals surface area contributed by atoms with Crippen molar-refractivity contribution < 1.29 is 22.7 Å². The van der Waals surface area contributed by atoms with Gasteiger partial charge in [-0.05, 0) is 47.7 Å². The van der Waals surface area contributed by atoms with Gasteiger partial charge in [0.05, 0.1) is 0 Å². The van der Waals surface area contributed by atoms with Gasteiger partial charge in [-0.15, -0.1) is 17.5 Å². The van der Waals surface area contributed by atoms with E-state index < -0.39 is 21.5 Å². The molecule has 13 heteroatoms. The molecular weight excluding hydrogens is 486 g/mol. The van der Waals surface area contributed by atoms with Crippen LogP contribution in [0.5, 0.6) is 11.5 Å². The van der Waals surface area contributed by atoms with Crippen molar-refractivity contribution >= 4 is 28.3 Å². The molecule has 0 fully saturated rings. The molecule has 0 radical (unpaired) electrons. The molecule has 3 rings (SSSR count). The lowest BCUT2D eigenvalue weighted by Crippen LogP contribution is -2.26. The predicted octanol–water partition coefficient (Wildman–Crippen LogP) is 2.00. The van der Waals surface area contributed by atoms with E-state index in [1.807, 2.05) is 32.0 Å². The highest BCUT2D eigenvalue weighted by molar-refractivity contribution is 7.89. The Hall–Kier alpha value is -3.35. The lowest BCUT2D eigenvalue weighted by atomic mass is 10.00. The summed E-state index contributed by atoms with van der Waals surface area (Å²) in [6, 6.07) is 9.30. The maximum atomic E-state index is 12.7. The molecule has 0 aliphatic rings. The smallest absolute Gasteiger partial charge is 0.434 e. The summed E-state index contributed by atoms with van der Waals surface area (Å²) in [5.41, 5.74) is 7.34. The van der Waals surface area contributed by atoms with Crippen LogP contribution in [0.1, 0.15) is 42.3 Å². The molecule has 1 heterocycles. The Morgan fingerprint density at radius 1 is 1.29 bits per heavy atom. The number of rotatable bonds is 10. The fraction of sp³-hybridized carbons (Fsp3) is 0.286. The molecule has 0 bridgehead atoms. The summed E-state index contributed by atoms with van der Waals surface area (Å²) in [7, 11) is -4.06. The fourth-order valence-corrected chi connectivity index (χ4v) is 4.18. The zero-order valence-corrected chi connectivity index (χ0v) is 20.1. The molecule has 0 saturated carbocycles. The Balaban J connectivity index is 0.00000408.